The third-order valence-electron chi connectivity index (χ3n) is 8.23. The lowest BCUT2D eigenvalue weighted by atomic mass is 9.96. The Balaban J connectivity index is 1.41. The topological polar surface area (TPSA) is 89.4 Å². The van der Waals surface area contributed by atoms with Crippen molar-refractivity contribution in [1.29, 1.82) is 0 Å². The third-order valence-corrected chi connectivity index (χ3v) is 8.23. The molecule has 0 atom stereocenters. The van der Waals surface area contributed by atoms with E-state index in [9.17, 15) is 0 Å². The summed E-state index contributed by atoms with van der Waals surface area (Å²) in [7, 11) is 0. The monoisotopic (exact) mass is 664 g/mol. The maximum atomic E-state index is 6.82. The number of rotatable bonds is 10. The van der Waals surface area contributed by atoms with Crippen LogP contribution in [-0.2, 0) is 0 Å². The highest BCUT2D eigenvalue weighted by Gasteiger charge is 2.13. The summed E-state index contributed by atoms with van der Waals surface area (Å²) in [6.07, 6.45) is 10.9. The maximum absolute atomic E-state index is 6.82. The van der Waals surface area contributed by atoms with Crippen molar-refractivity contribution >= 4 is 22.9 Å². The van der Waals surface area contributed by atoms with Gasteiger partial charge in [0.1, 0.15) is 5.84 Å². The largest absolute Gasteiger partial charge is 0.383 e. The predicted octanol–water partition coefficient (Wildman–Crippen LogP) is 10.4. The van der Waals surface area contributed by atoms with Crippen molar-refractivity contribution in [1.82, 2.24) is 15.0 Å². The Labute approximate surface area is 300 Å². The van der Waals surface area contributed by atoms with Crippen molar-refractivity contribution in [2.24, 2.45) is 15.7 Å². The molecule has 51 heavy (non-hydrogen) atoms. The van der Waals surface area contributed by atoms with Crippen molar-refractivity contribution in [3.63, 3.8) is 0 Å². The Morgan fingerprint density at radius 2 is 1.33 bits per heavy atom. The fraction of sp³-hybridized carbons (Fsp3) is 0.0889. The van der Waals surface area contributed by atoms with Crippen LogP contribution in [0.5, 0.6) is 0 Å². The van der Waals surface area contributed by atoms with Gasteiger partial charge in [-0.2, -0.15) is 0 Å². The maximum Gasteiger partial charge on any atom is 0.162 e. The fourth-order valence-electron chi connectivity index (χ4n) is 5.76. The molecule has 0 saturated carbocycles. The first-order chi connectivity index (χ1) is 24.9. The molecule has 2 heterocycles. The molecular formula is C45H40N6. The minimum Gasteiger partial charge on any atom is -0.383 e. The lowest BCUT2D eigenvalue weighted by Gasteiger charge is -2.12. The zero-order chi connectivity index (χ0) is 35.6. The molecule has 6 heteroatoms. The fourth-order valence-corrected chi connectivity index (χ4v) is 5.76. The van der Waals surface area contributed by atoms with Gasteiger partial charge in [-0.1, -0.05) is 117 Å². The average molecular weight is 665 g/mol. The zero-order valence-electron chi connectivity index (χ0n) is 29.2. The molecule has 0 fully saturated rings. The SMILES string of the molecule is C=C(N=C(N=C(N)c1cc(-c2ccc(-c3cc(C(/C=C\C)=C/CC)cc(C)n3)cc2)cc(-c2ncccn2)c1)c1ccccc1)c1ccccc1. The van der Waals surface area contributed by atoms with E-state index in [2.05, 4.69) is 84.2 Å². The number of aryl methyl sites for hydroxylation is 1. The van der Waals surface area contributed by atoms with Gasteiger partial charge in [0, 0.05) is 40.3 Å². The second-order valence-corrected chi connectivity index (χ2v) is 12.0. The van der Waals surface area contributed by atoms with Crippen molar-refractivity contribution in [3.05, 3.63) is 186 Å². The first-order valence-corrected chi connectivity index (χ1v) is 17.0. The van der Waals surface area contributed by atoms with Gasteiger partial charge in [0.15, 0.2) is 11.7 Å². The number of amidine groups is 2. The molecule has 6 nitrogen and oxygen atoms in total. The number of hydrogen-bond donors (Lipinski definition) is 1. The number of benzene rings is 4. The summed E-state index contributed by atoms with van der Waals surface area (Å²) in [6, 6.07) is 40.2. The molecule has 0 radical (unpaired) electrons. The van der Waals surface area contributed by atoms with Gasteiger partial charge in [0.05, 0.1) is 11.4 Å². The van der Waals surface area contributed by atoms with Gasteiger partial charge < -0.3 is 5.73 Å². The Bertz CT molecular complexity index is 2250. The van der Waals surface area contributed by atoms with Crippen LogP contribution < -0.4 is 5.73 Å². The molecule has 0 aliphatic rings. The second-order valence-electron chi connectivity index (χ2n) is 12.0. The third kappa shape index (κ3) is 8.56. The van der Waals surface area contributed by atoms with E-state index >= 15 is 0 Å². The van der Waals surface area contributed by atoms with Crippen LogP contribution in [0.4, 0.5) is 0 Å². The molecule has 0 bridgehead atoms. The van der Waals surface area contributed by atoms with Crippen LogP contribution in [0, 0.1) is 6.92 Å². The van der Waals surface area contributed by atoms with Crippen molar-refractivity contribution in [3.8, 4) is 33.8 Å². The summed E-state index contributed by atoms with van der Waals surface area (Å²) in [6.45, 7) is 10.4. The highest BCUT2D eigenvalue weighted by Crippen LogP contribution is 2.30. The Hall–Kier alpha value is -6.53. The van der Waals surface area contributed by atoms with Crippen LogP contribution >= 0.6 is 0 Å². The number of pyridine rings is 1. The lowest BCUT2D eigenvalue weighted by Crippen LogP contribution is -2.17. The summed E-state index contributed by atoms with van der Waals surface area (Å²) >= 11 is 0. The van der Waals surface area contributed by atoms with E-state index in [-0.39, 0.29) is 0 Å². The van der Waals surface area contributed by atoms with E-state index in [0.29, 0.717) is 23.2 Å². The second kappa shape index (κ2) is 16.2. The van der Waals surface area contributed by atoms with E-state index in [1.807, 2.05) is 86.6 Å². The highest BCUT2D eigenvalue weighted by atomic mass is 15.0. The van der Waals surface area contributed by atoms with E-state index in [1.54, 1.807) is 18.5 Å². The highest BCUT2D eigenvalue weighted by molar-refractivity contribution is 6.12. The van der Waals surface area contributed by atoms with Gasteiger partial charge in [0.2, 0.25) is 0 Å². The minimum absolute atomic E-state index is 0.308. The quantitative estimate of drug-likeness (QED) is 0.0897. The normalized spacial score (nSPS) is 12.3. The molecule has 0 unspecified atom stereocenters. The van der Waals surface area contributed by atoms with Crippen LogP contribution in [0.3, 0.4) is 0 Å². The molecule has 0 spiro atoms. The number of nitrogens with two attached hydrogens (primary N) is 1. The summed E-state index contributed by atoms with van der Waals surface area (Å²) in [5.74, 6) is 1.36. The van der Waals surface area contributed by atoms with Gasteiger partial charge >= 0.3 is 0 Å². The van der Waals surface area contributed by atoms with Crippen LogP contribution in [0.15, 0.2) is 169 Å². The molecule has 0 aliphatic carbocycles. The molecule has 6 aromatic rings. The molecule has 2 aromatic heterocycles. The number of aliphatic imine (C=N–C) groups is 2. The van der Waals surface area contributed by atoms with Gasteiger partial charge in [-0.25, -0.2) is 20.0 Å². The van der Waals surface area contributed by atoms with Crippen molar-refractivity contribution in [2.45, 2.75) is 27.2 Å². The average Bonchev–Trinajstić information content (AvgIpc) is 3.18. The van der Waals surface area contributed by atoms with Gasteiger partial charge in [0.25, 0.3) is 0 Å². The molecule has 4 aromatic carbocycles. The molecule has 2 N–H and O–H groups in total. The number of hydrogen-bond acceptors (Lipinski definition) is 4. The lowest BCUT2D eigenvalue weighted by molar-refractivity contribution is 1.18. The Morgan fingerprint density at radius 1 is 0.686 bits per heavy atom. The van der Waals surface area contributed by atoms with Gasteiger partial charge in [-0.05, 0) is 84.5 Å². The van der Waals surface area contributed by atoms with E-state index in [4.69, 9.17) is 20.7 Å². The standard InChI is InChI=1S/C45H40N6/c1-5-14-34(15-6-2)38-26-31(3)49-42(30-38)36-22-20-35(21-23-36)39-27-40(29-41(28-39)44-47-24-13-25-48-44)43(46)51-45(37-18-11-8-12-19-37)50-32(4)33-16-9-7-10-17-33/h5,7-30H,4,6H2,1-3H3,(H2,46,50,51)/b14-5-,34-15+. The smallest absolute Gasteiger partial charge is 0.162 e. The summed E-state index contributed by atoms with van der Waals surface area (Å²) in [5.41, 5.74) is 17.9. The first kappa shape index (κ1) is 34.3. The predicted molar refractivity (Wildman–Crippen MR) is 213 cm³/mol. The molecular weight excluding hydrogens is 625 g/mol. The molecule has 0 saturated heterocycles. The van der Waals surface area contributed by atoms with E-state index in [1.165, 1.54) is 5.57 Å². The van der Waals surface area contributed by atoms with Crippen LogP contribution in [0.1, 0.15) is 48.2 Å². The summed E-state index contributed by atoms with van der Waals surface area (Å²) in [4.78, 5) is 23.7. The molecule has 6 rings (SSSR count). The van der Waals surface area contributed by atoms with Gasteiger partial charge in [-0.3, -0.25) is 4.98 Å². The summed E-state index contributed by atoms with van der Waals surface area (Å²) < 4.78 is 0. The number of allylic oxidation sites excluding steroid dienone is 4. The van der Waals surface area contributed by atoms with Crippen LogP contribution in [-0.4, -0.2) is 26.6 Å². The molecule has 250 valence electrons. The van der Waals surface area contributed by atoms with Crippen molar-refractivity contribution in [2.75, 3.05) is 0 Å². The van der Waals surface area contributed by atoms with E-state index in [0.717, 1.165) is 62.3 Å². The summed E-state index contributed by atoms with van der Waals surface area (Å²) in [5, 5.41) is 0. The Kier molecular flexibility index (Phi) is 10.9. The van der Waals surface area contributed by atoms with Gasteiger partial charge in [-0.15, -0.1) is 0 Å². The van der Waals surface area contributed by atoms with Crippen LogP contribution in [0.2, 0.25) is 0 Å². The van der Waals surface area contributed by atoms with Crippen LogP contribution in [0.25, 0.3) is 45.0 Å². The molecule has 0 aliphatic heterocycles. The zero-order valence-corrected chi connectivity index (χ0v) is 29.2. The number of nitrogens with zero attached hydrogens (tertiary/aromatic N) is 5. The Morgan fingerprint density at radius 3 is 2.00 bits per heavy atom. The van der Waals surface area contributed by atoms with Crippen molar-refractivity contribution < 1.29 is 0 Å². The first-order valence-electron chi connectivity index (χ1n) is 17.0. The molecule has 0 amide bonds. The minimum atomic E-state index is 0.308. The number of aromatic nitrogens is 3. The van der Waals surface area contributed by atoms with E-state index < -0.39 is 0 Å².